The first kappa shape index (κ1) is 10.2. The molecule has 0 saturated carbocycles. The van der Waals surface area contributed by atoms with E-state index in [1.807, 2.05) is 30.3 Å². The quantitative estimate of drug-likeness (QED) is 0.602. The summed E-state index contributed by atoms with van der Waals surface area (Å²) in [4.78, 5) is 8.64. The van der Waals surface area contributed by atoms with Gasteiger partial charge in [-0.05, 0) is 23.8 Å². The van der Waals surface area contributed by atoms with E-state index in [1.54, 1.807) is 12.3 Å². The number of nitrogens with zero attached hydrogens (tertiary/aromatic N) is 2. The van der Waals surface area contributed by atoms with Crippen molar-refractivity contribution in [3.8, 4) is 11.1 Å². The zero-order valence-electron chi connectivity index (χ0n) is 8.97. The van der Waals surface area contributed by atoms with Crippen molar-refractivity contribution in [2.45, 2.75) is 0 Å². The third-order valence-electron chi connectivity index (χ3n) is 2.63. The van der Waals surface area contributed by atoms with Gasteiger partial charge in [0.05, 0.1) is 11.0 Å². The van der Waals surface area contributed by atoms with E-state index in [4.69, 9.17) is 11.6 Å². The van der Waals surface area contributed by atoms with Crippen LogP contribution in [0.2, 0.25) is 5.15 Å². The van der Waals surface area contributed by atoms with Crippen molar-refractivity contribution in [2.24, 2.45) is 0 Å². The first-order valence-corrected chi connectivity index (χ1v) is 5.69. The van der Waals surface area contributed by atoms with Gasteiger partial charge >= 0.3 is 0 Å². The van der Waals surface area contributed by atoms with Gasteiger partial charge in [0.2, 0.25) is 0 Å². The predicted molar refractivity (Wildman–Crippen MR) is 70.0 cm³/mol. The van der Waals surface area contributed by atoms with E-state index >= 15 is 0 Å². The fraction of sp³-hybridized carbons (Fsp3) is 0. The van der Waals surface area contributed by atoms with Crippen LogP contribution in [0.25, 0.3) is 22.2 Å². The molecule has 0 radical (unpaired) electrons. The highest BCUT2D eigenvalue weighted by Gasteiger charge is 2.05. The molecule has 0 aliphatic rings. The molecule has 0 fully saturated rings. The van der Waals surface area contributed by atoms with E-state index < -0.39 is 0 Å². The Morgan fingerprint density at radius 1 is 0.882 bits per heavy atom. The minimum Gasteiger partial charge on any atom is -0.255 e. The van der Waals surface area contributed by atoms with Crippen LogP contribution in [0, 0.1) is 0 Å². The number of hydrogen-bond donors (Lipinski definition) is 0. The van der Waals surface area contributed by atoms with Crippen LogP contribution in [0.15, 0.2) is 54.7 Å². The topological polar surface area (TPSA) is 25.8 Å². The number of hydrogen-bond acceptors (Lipinski definition) is 2. The molecule has 0 unspecified atom stereocenters. The Labute approximate surface area is 104 Å². The summed E-state index contributed by atoms with van der Waals surface area (Å²) in [5, 5.41) is 0.489. The maximum absolute atomic E-state index is 5.94. The summed E-state index contributed by atoms with van der Waals surface area (Å²) in [6.07, 6.45) is 1.79. The number of fused-ring (bicyclic) bond motifs is 1. The van der Waals surface area contributed by atoms with E-state index in [1.165, 1.54) is 0 Å². The zero-order valence-corrected chi connectivity index (χ0v) is 9.72. The molecule has 3 heteroatoms. The Kier molecular flexibility index (Phi) is 2.50. The highest BCUT2D eigenvalue weighted by Crippen LogP contribution is 2.26. The Morgan fingerprint density at radius 2 is 1.71 bits per heavy atom. The molecule has 1 aromatic carbocycles. The second kappa shape index (κ2) is 4.15. The van der Waals surface area contributed by atoms with Crippen molar-refractivity contribution < 1.29 is 0 Å². The molecule has 0 spiro atoms. The average Bonchev–Trinajstić information content (AvgIpc) is 2.39. The fourth-order valence-electron chi connectivity index (χ4n) is 1.85. The Bertz CT molecular complexity index is 665. The van der Waals surface area contributed by atoms with Crippen molar-refractivity contribution in [1.82, 2.24) is 9.97 Å². The number of aromatic nitrogens is 2. The van der Waals surface area contributed by atoms with Gasteiger partial charge in [-0.3, -0.25) is 4.98 Å². The summed E-state index contributed by atoms with van der Waals surface area (Å²) >= 11 is 5.94. The molecule has 82 valence electrons. The average molecular weight is 241 g/mol. The van der Waals surface area contributed by atoms with Crippen LogP contribution < -0.4 is 0 Å². The molecule has 2 nitrogen and oxygen atoms in total. The molecule has 0 aliphatic heterocycles. The van der Waals surface area contributed by atoms with Gasteiger partial charge in [-0.2, -0.15) is 0 Å². The summed E-state index contributed by atoms with van der Waals surface area (Å²) in [6.45, 7) is 0. The van der Waals surface area contributed by atoms with E-state index in [0.717, 1.165) is 22.2 Å². The van der Waals surface area contributed by atoms with Crippen LogP contribution >= 0.6 is 11.6 Å². The van der Waals surface area contributed by atoms with Gasteiger partial charge in [0.25, 0.3) is 0 Å². The Morgan fingerprint density at radius 3 is 2.53 bits per heavy atom. The molecule has 3 rings (SSSR count). The Hall–Kier alpha value is -1.93. The highest BCUT2D eigenvalue weighted by molar-refractivity contribution is 6.29. The molecular weight excluding hydrogens is 232 g/mol. The standard InChI is InChI=1S/C14H9ClN2/c15-13-7-6-12-14(17-13)11(8-9-16-12)10-4-2-1-3-5-10/h1-9H. The van der Waals surface area contributed by atoms with Gasteiger partial charge in [0.1, 0.15) is 5.15 Å². The van der Waals surface area contributed by atoms with Crippen LogP contribution in [0.1, 0.15) is 0 Å². The summed E-state index contributed by atoms with van der Waals surface area (Å²) in [6, 6.07) is 15.7. The third kappa shape index (κ3) is 1.87. The van der Waals surface area contributed by atoms with Gasteiger partial charge in [-0.15, -0.1) is 0 Å². The van der Waals surface area contributed by atoms with Gasteiger partial charge < -0.3 is 0 Å². The highest BCUT2D eigenvalue weighted by atomic mass is 35.5. The molecule has 0 amide bonds. The lowest BCUT2D eigenvalue weighted by molar-refractivity contribution is 1.34. The molecule has 0 aliphatic carbocycles. The first-order valence-electron chi connectivity index (χ1n) is 5.31. The van der Waals surface area contributed by atoms with E-state index in [0.29, 0.717) is 5.15 Å². The first-order chi connectivity index (χ1) is 8.34. The Balaban J connectivity index is 2.33. The third-order valence-corrected chi connectivity index (χ3v) is 2.85. The molecule has 3 aromatic rings. The lowest BCUT2D eigenvalue weighted by Crippen LogP contribution is -1.87. The van der Waals surface area contributed by atoms with Gasteiger partial charge in [-0.1, -0.05) is 41.9 Å². The molecule has 0 N–H and O–H groups in total. The van der Waals surface area contributed by atoms with Gasteiger partial charge in [0.15, 0.2) is 0 Å². The van der Waals surface area contributed by atoms with Crippen LogP contribution in [0.5, 0.6) is 0 Å². The smallest absolute Gasteiger partial charge is 0.129 e. The molecule has 17 heavy (non-hydrogen) atoms. The summed E-state index contributed by atoms with van der Waals surface area (Å²) in [7, 11) is 0. The van der Waals surface area contributed by atoms with Crippen molar-refractivity contribution in [2.75, 3.05) is 0 Å². The zero-order chi connectivity index (χ0) is 11.7. The summed E-state index contributed by atoms with van der Waals surface area (Å²) < 4.78 is 0. The fourth-order valence-corrected chi connectivity index (χ4v) is 2.00. The van der Waals surface area contributed by atoms with Crippen LogP contribution in [0.3, 0.4) is 0 Å². The second-order valence-corrected chi connectivity index (χ2v) is 4.11. The normalized spacial score (nSPS) is 10.6. The maximum atomic E-state index is 5.94. The summed E-state index contributed by atoms with van der Waals surface area (Å²) in [5.41, 5.74) is 3.87. The largest absolute Gasteiger partial charge is 0.255 e. The summed E-state index contributed by atoms with van der Waals surface area (Å²) in [5.74, 6) is 0. The molecule has 0 bridgehead atoms. The van der Waals surface area contributed by atoms with E-state index in [-0.39, 0.29) is 0 Å². The van der Waals surface area contributed by atoms with Crippen molar-refractivity contribution in [3.63, 3.8) is 0 Å². The molecule has 2 heterocycles. The second-order valence-electron chi connectivity index (χ2n) is 3.73. The molecule has 0 atom stereocenters. The lowest BCUT2D eigenvalue weighted by atomic mass is 10.1. The van der Waals surface area contributed by atoms with Gasteiger partial charge in [-0.25, -0.2) is 4.98 Å². The maximum Gasteiger partial charge on any atom is 0.129 e. The van der Waals surface area contributed by atoms with E-state index in [9.17, 15) is 0 Å². The number of halogens is 1. The number of rotatable bonds is 1. The predicted octanol–water partition coefficient (Wildman–Crippen LogP) is 3.95. The van der Waals surface area contributed by atoms with Crippen molar-refractivity contribution in [3.05, 3.63) is 59.9 Å². The van der Waals surface area contributed by atoms with Crippen molar-refractivity contribution in [1.29, 1.82) is 0 Å². The number of pyridine rings is 2. The van der Waals surface area contributed by atoms with Crippen molar-refractivity contribution >= 4 is 22.6 Å². The molecule has 0 saturated heterocycles. The lowest BCUT2D eigenvalue weighted by Gasteiger charge is -2.05. The van der Waals surface area contributed by atoms with E-state index in [2.05, 4.69) is 22.1 Å². The minimum atomic E-state index is 0.489. The van der Waals surface area contributed by atoms with Gasteiger partial charge in [0, 0.05) is 11.8 Å². The minimum absolute atomic E-state index is 0.489. The SMILES string of the molecule is Clc1ccc2nccc(-c3ccccc3)c2n1. The van der Waals surface area contributed by atoms with Crippen LogP contribution in [-0.4, -0.2) is 9.97 Å². The monoisotopic (exact) mass is 240 g/mol. The van der Waals surface area contributed by atoms with Crippen LogP contribution in [-0.2, 0) is 0 Å². The molecule has 2 aromatic heterocycles. The van der Waals surface area contributed by atoms with Crippen LogP contribution in [0.4, 0.5) is 0 Å². The number of benzene rings is 1. The molecular formula is C14H9ClN2.